The van der Waals surface area contributed by atoms with Crippen molar-refractivity contribution in [3.05, 3.63) is 50.6 Å². The van der Waals surface area contributed by atoms with Crippen molar-refractivity contribution in [3.63, 3.8) is 0 Å². The molecule has 114 valence electrons. The Balaban J connectivity index is 1.81. The number of hydrogen-bond donors (Lipinski definition) is 0. The minimum atomic E-state index is -0.477. The molecule has 22 heavy (non-hydrogen) atoms. The molecule has 0 saturated heterocycles. The van der Waals surface area contributed by atoms with Gasteiger partial charge in [-0.2, -0.15) is 5.10 Å². The lowest BCUT2D eigenvalue weighted by molar-refractivity contribution is 0.0466. The van der Waals surface area contributed by atoms with Crippen LogP contribution in [-0.4, -0.2) is 25.1 Å². The molecule has 0 aliphatic carbocycles. The Morgan fingerprint density at radius 1 is 1.41 bits per heavy atom. The average molecular weight is 318 g/mol. The van der Waals surface area contributed by atoms with Crippen molar-refractivity contribution in [3.8, 4) is 0 Å². The Hall–Kier alpha value is -2.48. The van der Waals surface area contributed by atoms with Crippen molar-refractivity contribution in [1.82, 2.24) is 19.2 Å². The van der Waals surface area contributed by atoms with Crippen molar-refractivity contribution in [2.45, 2.75) is 20.5 Å². The molecule has 3 aromatic heterocycles. The molecule has 0 saturated carbocycles. The van der Waals surface area contributed by atoms with Gasteiger partial charge in [0.05, 0.1) is 11.9 Å². The summed E-state index contributed by atoms with van der Waals surface area (Å²) >= 11 is 1.38. The van der Waals surface area contributed by atoms with Gasteiger partial charge in [-0.15, -0.1) is 11.3 Å². The zero-order valence-electron chi connectivity index (χ0n) is 12.4. The summed E-state index contributed by atoms with van der Waals surface area (Å²) in [4.78, 5) is 29.0. The lowest BCUT2D eigenvalue weighted by Gasteiger charge is -2.04. The molecule has 0 fully saturated rings. The molecule has 0 spiro atoms. The molecular weight excluding hydrogens is 304 g/mol. The van der Waals surface area contributed by atoms with Crippen LogP contribution in [0, 0.1) is 13.8 Å². The molecule has 0 bridgehead atoms. The van der Waals surface area contributed by atoms with E-state index in [4.69, 9.17) is 4.74 Å². The van der Waals surface area contributed by atoms with Crippen LogP contribution in [-0.2, 0) is 18.4 Å². The first-order chi connectivity index (χ1) is 10.5. The number of ether oxygens (including phenoxy) is 1. The predicted molar refractivity (Wildman–Crippen MR) is 81.1 cm³/mol. The van der Waals surface area contributed by atoms with Gasteiger partial charge in [0.15, 0.2) is 4.96 Å². The van der Waals surface area contributed by atoms with Gasteiger partial charge >= 0.3 is 5.97 Å². The number of aromatic nitrogens is 4. The Kier molecular flexibility index (Phi) is 3.53. The smallest absolute Gasteiger partial charge is 0.342 e. The summed E-state index contributed by atoms with van der Waals surface area (Å²) in [5.41, 5.74) is 2.23. The monoisotopic (exact) mass is 318 g/mol. The van der Waals surface area contributed by atoms with Crippen molar-refractivity contribution in [2.75, 3.05) is 0 Å². The van der Waals surface area contributed by atoms with Gasteiger partial charge in [-0.3, -0.25) is 13.9 Å². The van der Waals surface area contributed by atoms with Gasteiger partial charge in [0, 0.05) is 29.9 Å². The van der Waals surface area contributed by atoms with E-state index < -0.39 is 5.97 Å². The van der Waals surface area contributed by atoms with E-state index in [0.29, 0.717) is 16.2 Å². The van der Waals surface area contributed by atoms with E-state index in [0.717, 1.165) is 11.4 Å². The Morgan fingerprint density at radius 3 is 2.86 bits per heavy atom. The van der Waals surface area contributed by atoms with Gasteiger partial charge in [0.25, 0.3) is 5.56 Å². The second kappa shape index (κ2) is 5.38. The summed E-state index contributed by atoms with van der Waals surface area (Å²) in [6, 6.07) is 1.39. The normalized spacial score (nSPS) is 11.0. The average Bonchev–Trinajstić information content (AvgIpc) is 3.01. The van der Waals surface area contributed by atoms with E-state index in [-0.39, 0.29) is 12.2 Å². The molecule has 0 amide bonds. The summed E-state index contributed by atoms with van der Waals surface area (Å²) in [6.45, 7) is 3.59. The third-order valence-corrected chi connectivity index (χ3v) is 4.38. The zero-order valence-corrected chi connectivity index (χ0v) is 13.2. The van der Waals surface area contributed by atoms with Crippen LogP contribution in [0.25, 0.3) is 4.96 Å². The molecular formula is C14H14N4O3S. The van der Waals surface area contributed by atoms with Crippen LogP contribution in [0.3, 0.4) is 0 Å². The summed E-state index contributed by atoms with van der Waals surface area (Å²) < 4.78 is 8.35. The van der Waals surface area contributed by atoms with E-state index in [2.05, 4.69) is 10.1 Å². The van der Waals surface area contributed by atoms with E-state index >= 15 is 0 Å². The molecule has 0 aliphatic rings. The molecule has 0 atom stereocenters. The van der Waals surface area contributed by atoms with Crippen LogP contribution in [0.4, 0.5) is 0 Å². The predicted octanol–water partition coefficient (Wildman–Crippen LogP) is 1.46. The summed E-state index contributed by atoms with van der Waals surface area (Å²) in [5.74, 6) is -0.477. The first-order valence-corrected chi connectivity index (χ1v) is 7.48. The third-order valence-electron chi connectivity index (χ3n) is 3.43. The van der Waals surface area contributed by atoms with Crippen LogP contribution in [0.15, 0.2) is 22.4 Å². The quantitative estimate of drug-likeness (QED) is 0.683. The number of carbonyl (C=O) groups excluding carboxylic acids is 1. The van der Waals surface area contributed by atoms with Crippen molar-refractivity contribution >= 4 is 22.3 Å². The molecule has 3 heterocycles. The van der Waals surface area contributed by atoms with Gasteiger partial charge in [-0.05, 0) is 13.8 Å². The second-order valence-corrected chi connectivity index (χ2v) is 5.76. The summed E-state index contributed by atoms with van der Waals surface area (Å²) in [7, 11) is 1.75. The maximum atomic E-state index is 12.0. The molecule has 3 rings (SSSR count). The maximum absolute atomic E-state index is 12.0. The number of hydrogen-bond acceptors (Lipinski definition) is 6. The Bertz CT molecular complexity index is 922. The largest absolute Gasteiger partial charge is 0.455 e. The van der Waals surface area contributed by atoms with Gasteiger partial charge in [0.1, 0.15) is 12.2 Å². The van der Waals surface area contributed by atoms with Gasteiger partial charge in [0.2, 0.25) is 0 Å². The first-order valence-electron chi connectivity index (χ1n) is 6.60. The fourth-order valence-electron chi connectivity index (χ4n) is 2.09. The van der Waals surface area contributed by atoms with Crippen LogP contribution in [0.1, 0.15) is 27.4 Å². The third kappa shape index (κ3) is 2.41. The Morgan fingerprint density at radius 2 is 2.18 bits per heavy atom. The zero-order chi connectivity index (χ0) is 15.9. The van der Waals surface area contributed by atoms with Gasteiger partial charge in [-0.25, -0.2) is 9.78 Å². The van der Waals surface area contributed by atoms with Crippen molar-refractivity contribution in [2.24, 2.45) is 7.05 Å². The molecule has 0 aromatic carbocycles. The summed E-state index contributed by atoms with van der Waals surface area (Å²) in [6.07, 6.45) is 1.46. The van der Waals surface area contributed by atoms with Crippen molar-refractivity contribution in [1.29, 1.82) is 0 Å². The van der Waals surface area contributed by atoms with Gasteiger partial charge in [-0.1, -0.05) is 0 Å². The highest BCUT2D eigenvalue weighted by molar-refractivity contribution is 7.15. The lowest BCUT2D eigenvalue weighted by atomic mass is 10.3. The summed E-state index contributed by atoms with van der Waals surface area (Å²) in [5, 5.41) is 5.86. The first kappa shape index (κ1) is 14.5. The molecule has 0 N–H and O–H groups in total. The fraction of sp³-hybridized carbons (Fsp3) is 0.286. The van der Waals surface area contributed by atoms with Crippen LogP contribution in [0.2, 0.25) is 0 Å². The van der Waals surface area contributed by atoms with Crippen molar-refractivity contribution < 1.29 is 9.53 Å². The van der Waals surface area contributed by atoms with E-state index in [1.165, 1.54) is 28.0 Å². The fourth-order valence-corrected chi connectivity index (χ4v) is 2.98. The maximum Gasteiger partial charge on any atom is 0.342 e. The number of nitrogens with zero attached hydrogens (tertiary/aromatic N) is 4. The Labute approximate surface area is 129 Å². The van der Waals surface area contributed by atoms with E-state index in [9.17, 15) is 9.59 Å². The van der Waals surface area contributed by atoms with Crippen LogP contribution in [0.5, 0.6) is 0 Å². The molecule has 7 nitrogen and oxygen atoms in total. The standard InChI is InChI=1S/C14H14N4O3S/c1-8-7-22-14-16-10(4-12(19)18(8)14)6-21-13(20)11-5-15-17(3)9(11)2/h4-5,7H,6H2,1-3H3. The number of carbonyl (C=O) groups is 1. The van der Waals surface area contributed by atoms with E-state index in [1.54, 1.807) is 18.7 Å². The number of aryl methyl sites for hydroxylation is 2. The molecule has 3 aromatic rings. The topological polar surface area (TPSA) is 78.5 Å². The highest BCUT2D eigenvalue weighted by Crippen LogP contribution is 2.13. The molecule has 8 heteroatoms. The van der Waals surface area contributed by atoms with Crippen LogP contribution < -0.4 is 5.56 Å². The SMILES string of the molecule is Cc1c(C(=O)OCc2cc(=O)n3c(C)csc3n2)cnn1C. The number of esters is 1. The lowest BCUT2D eigenvalue weighted by Crippen LogP contribution is -2.16. The molecule has 0 radical (unpaired) electrons. The number of rotatable bonds is 3. The minimum absolute atomic E-state index is 0.0458. The van der Waals surface area contributed by atoms with E-state index in [1.807, 2.05) is 12.3 Å². The highest BCUT2D eigenvalue weighted by Gasteiger charge is 2.15. The second-order valence-electron chi connectivity index (χ2n) is 4.92. The molecule has 0 unspecified atom stereocenters. The highest BCUT2D eigenvalue weighted by atomic mass is 32.1. The molecule has 0 aliphatic heterocycles. The van der Waals surface area contributed by atoms with Crippen LogP contribution >= 0.6 is 11.3 Å². The minimum Gasteiger partial charge on any atom is -0.455 e. The number of fused-ring (bicyclic) bond motifs is 1. The number of thiazole rings is 1. The van der Waals surface area contributed by atoms with Gasteiger partial charge < -0.3 is 4.74 Å².